The van der Waals surface area contributed by atoms with Gasteiger partial charge in [0.1, 0.15) is 5.65 Å². The SMILES string of the molecule is Cc1ccn2cc(-c3cccc(NS(=O)(=O)c4cc(C)c(C)cc4C)c3)nc2c1. The van der Waals surface area contributed by atoms with E-state index in [0.717, 1.165) is 39.2 Å². The van der Waals surface area contributed by atoms with Gasteiger partial charge < -0.3 is 4.40 Å². The van der Waals surface area contributed by atoms with Gasteiger partial charge in [-0.05, 0) is 80.3 Å². The lowest BCUT2D eigenvalue weighted by atomic mass is 10.1. The highest BCUT2D eigenvalue weighted by molar-refractivity contribution is 7.92. The maximum absolute atomic E-state index is 13.0. The Morgan fingerprint density at radius 2 is 1.66 bits per heavy atom. The van der Waals surface area contributed by atoms with Crippen LogP contribution in [0.1, 0.15) is 22.3 Å². The minimum atomic E-state index is -3.69. The summed E-state index contributed by atoms with van der Waals surface area (Å²) < 4.78 is 30.6. The topological polar surface area (TPSA) is 63.5 Å². The van der Waals surface area contributed by atoms with E-state index < -0.39 is 10.0 Å². The molecule has 0 radical (unpaired) electrons. The lowest BCUT2D eigenvalue weighted by Gasteiger charge is -2.13. The lowest BCUT2D eigenvalue weighted by Crippen LogP contribution is -2.14. The third-order valence-electron chi connectivity index (χ3n) is 5.11. The minimum absolute atomic E-state index is 0.300. The first-order valence-electron chi connectivity index (χ1n) is 9.39. The fourth-order valence-electron chi connectivity index (χ4n) is 3.40. The van der Waals surface area contributed by atoms with Gasteiger partial charge >= 0.3 is 0 Å². The van der Waals surface area contributed by atoms with Crippen molar-refractivity contribution < 1.29 is 8.42 Å². The third-order valence-corrected chi connectivity index (χ3v) is 6.63. The summed E-state index contributed by atoms with van der Waals surface area (Å²) in [5, 5.41) is 0. The van der Waals surface area contributed by atoms with Crippen LogP contribution in [0.2, 0.25) is 0 Å². The molecule has 6 heteroatoms. The Hall–Kier alpha value is -3.12. The van der Waals surface area contributed by atoms with E-state index in [9.17, 15) is 8.42 Å². The molecule has 0 saturated heterocycles. The summed E-state index contributed by atoms with van der Waals surface area (Å²) in [6.07, 6.45) is 3.91. The van der Waals surface area contributed by atoms with Crippen molar-refractivity contribution in [2.45, 2.75) is 32.6 Å². The molecule has 0 fully saturated rings. The molecule has 2 heterocycles. The number of hydrogen-bond donors (Lipinski definition) is 1. The second-order valence-electron chi connectivity index (χ2n) is 7.48. The van der Waals surface area contributed by atoms with E-state index in [4.69, 9.17) is 0 Å². The predicted molar refractivity (Wildman–Crippen MR) is 117 cm³/mol. The summed E-state index contributed by atoms with van der Waals surface area (Å²) in [5.74, 6) is 0. The molecule has 2 aromatic carbocycles. The summed E-state index contributed by atoms with van der Waals surface area (Å²) in [6.45, 7) is 7.74. The summed E-state index contributed by atoms with van der Waals surface area (Å²) >= 11 is 0. The Kier molecular flexibility index (Phi) is 4.67. The summed E-state index contributed by atoms with van der Waals surface area (Å²) in [4.78, 5) is 4.96. The monoisotopic (exact) mass is 405 g/mol. The number of aromatic nitrogens is 2. The summed E-state index contributed by atoms with van der Waals surface area (Å²) in [7, 11) is -3.69. The molecule has 0 atom stereocenters. The second kappa shape index (κ2) is 7.04. The molecule has 29 heavy (non-hydrogen) atoms. The first-order chi connectivity index (χ1) is 13.7. The van der Waals surface area contributed by atoms with Crippen LogP contribution in [-0.2, 0) is 10.0 Å². The van der Waals surface area contributed by atoms with Gasteiger partial charge in [0.15, 0.2) is 0 Å². The molecule has 4 rings (SSSR count). The zero-order valence-electron chi connectivity index (χ0n) is 16.9. The predicted octanol–water partition coefficient (Wildman–Crippen LogP) is 5.04. The summed E-state index contributed by atoms with van der Waals surface area (Å²) in [5.41, 5.74) is 6.90. The van der Waals surface area contributed by atoms with Crippen molar-refractivity contribution in [3.05, 3.63) is 83.2 Å². The molecular formula is C23H23N3O2S. The molecule has 148 valence electrons. The van der Waals surface area contributed by atoms with Crippen molar-refractivity contribution in [2.24, 2.45) is 0 Å². The number of pyridine rings is 1. The van der Waals surface area contributed by atoms with Crippen LogP contribution in [0.4, 0.5) is 5.69 Å². The average molecular weight is 406 g/mol. The standard InChI is InChI=1S/C23H23N3O2S/c1-15-8-9-26-14-21(24-23(26)10-15)19-6-5-7-20(13-19)25-29(27,28)22-12-17(3)16(2)11-18(22)4/h5-14,25H,1-4H3. The molecule has 4 aromatic rings. The molecule has 0 aliphatic heterocycles. The van der Waals surface area contributed by atoms with Crippen molar-refractivity contribution >= 4 is 21.4 Å². The van der Waals surface area contributed by atoms with E-state index >= 15 is 0 Å². The van der Waals surface area contributed by atoms with E-state index in [1.807, 2.05) is 80.9 Å². The van der Waals surface area contributed by atoms with E-state index in [-0.39, 0.29) is 0 Å². The van der Waals surface area contributed by atoms with Gasteiger partial charge in [0, 0.05) is 23.6 Å². The van der Waals surface area contributed by atoms with E-state index in [1.54, 1.807) is 12.1 Å². The zero-order chi connectivity index (χ0) is 20.8. The number of hydrogen-bond acceptors (Lipinski definition) is 3. The highest BCUT2D eigenvalue weighted by atomic mass is 32.2. The molecule has 5 nitrogen and oxygen atoms in total. The molecular weight excluding hydrogens is 382 g/mol. The largest absolute Gasteiger partial charge is 0.306 e. The van der Waals surface area contributed by atoms with Gasteiger partial charge in [0.2, 0.25) is 0 Å². The smallest absolute Gasteiger partial charge is 0.262 e. The van der Waals surface area contributed by atoms with Gasteiger partial charge in [-0.25, -0.2) is 13.4 Å². The second-order valence-corrected chi connectivity index (χ2v) is 9.13. The van der Waals surface area contributed by atoms with Crippen LogP contribution in [0.25, 0.3) is 16.9 Å². The molecule has 0 unspecified atom stereocenters. The molecule has 0 spiro atoms. The fourth-order valence-corrected chi connectivity index (χ4v) is 4.76. The van der Waals surface area contributed by atoms with E-state index in [0.29, 0.717) is 10.6 Å². The van der Waals surface area contributed by atoms with Crippen molar-refractivity contribution in [1.29, 1.82) is 0 Å². The Morgan fingerprint density at radius 1 is 0.897 bits per heavy atom. The number of anilines is 1. The van der Waals surface area contributed by atoms with Gasteiger partial charge in [0.25, 0.3) is 10.0 Å². The maximum atomic E-state index is 13.0. The number of aryl methyl sites for hydroxylation is 4. The van der Waals surface area contributed by atoms with Crippen molar-refractivity contribution in [2.75, 3.05) is 4.72 Å². The van der Waals surface area contributed by atoms with Gasteiger partial charge in [-0.15, -0.1) is 0 Å². The molecule has 0 amide bonds. The maximum Gasteiger partial charge on any atom is 0.262 e. The van der Waals surface area contributed by atoms with Crippen molar-refractivity contribution in [3.8, 4) is 11.3 Å². The average Bonchev–Trinajstić information content (AvgIpc) is 3.07. The quantitative estimate of drug-likeness (QED) is 0.518. The molecule has 1 N–H and O–H groups in total. The van der Waals surface area contributed by atoms with Crippen LogP contribution in [-0.4, -0.2) is 17.8 Å². The highest BCUT2D eigenvalue weighted by Gasteiger charge is 2.18. The lowest BCUT2D eigenvalue weighted by molar-refractivity contribution is 0.600. The Balaban J connectivity index is 1.69. The van der Waals surface area contributed by atoms with Crippen LogP contribution in [0.5, 0.6) is 0 Å². The van der Waals surface area contributed by atoms with Gasteiger partial charge in [0.05, 0.1) is 10.6 Å². The first kappa shape index (κ1) is 19.2. The highest BCUT2D eigenvalue weighted by Crippen LogP contribution is 2.26. The van der Waals surface area contributed by atoms with Crippen molar-refractivity contribution in [1.82, 2.24) is 9.38 Å². The number of benzene rings is 2. The number of sulfonamides is 1. The zero-order valence-corrected chi connectivity index (χ0v) is 17.7. The molecule has 0 bridgehead atoms. The number of nitrogens with one attached hydrogen (secondary N) is 1. The Labute approximate surface area is 171 Å². The summed E-state index contributed by atoms with van der Waals surface area (Å²) in [6, 6.07) is 15.0. The number of nitrogens with zero attached hydrogens (tertiary/aromatic N) is 2. The van der Waals surface area contributed by atoms with Crippen LogP contribution < -0.4 is 4.72 Å². The van der Waals surface area contributed by atoms with Gasteiger partial charge in [-0.1, -0.05) is 18.2 Å². The Morgan fingerprint density at radius 3 is 2.45 bits per heavy atom. The van der Waals surface area contributed by atoms with Crippen LogP contribution >= 0.6 is 0 Å². The van der Waals surface area contributed by atoms with Crippen LogP contribution in [0.15, 0.2) is 65.8 Å². The third kappa shape index (κ3) is 3.76. The Bertz CT molecular complexity index is 1340. The minimum Gasteiger partial charge on any atom is -0.306 e. The van der Waals surface area contributed by atoms with Gasteiger partial charge in [-0.3, -0.25) is 4.72 Å². The molecule has 2 aromatic heterocycles. The fraction of sp³-hybridized carbons (Fsp3) is 0.174. The van der Waals surface area contributed by atoms with E-state index in [1.165, 1.54) is 0 Å². The molecule has 0 saturated carbocycles. The first-order valence-corrected chi connectivity index (χ1v) is 10.9. The van der Waals surface area contributed by atoms with E-state index in [2.05, 4.69) is 9.71 Å². The van der Waals surface area contributed by atoms with Crippen molar-refractivity contribution in [3.63, 3.8) is 0 Å². The molecule has 0 aliphatic rings. The number of fused-ring (bicyclic) bond motifs is 1. The van der Waals surface area contributed by atoms with Crippen LogP contribution in [0.3, 0.4) is 0 Å². The van der Waals surface area contributed by atoms with Gasteiger partial charge in [-0.2, -0.15) is 0 Å². The normalized spacial score (nSPS) is 11.7. The van der Waals surface area contributed by atoms with Crippen LogP contribution in [0, 0.1) is 27.7 Å². The molecule has 0 aliphatic carbocycles. The number of rotatable bonds is 4. The number of imidazole rings is 1.